The first-order chi connectivity index (χ1) is 13.7. The minimum atomic E-state index is -0.103. The Morgan fingerprint density at radius 2 is 1.68 bits per heavy atom. The molecule has 28 heavy (non-hydrogen) atoms. The van der Waals surface area contributed by atoms with Gasteiger partial charge in [0, 0.05) is 3.57 Å². The number of benzene rings is 2. The molecule has 0 aromatic heterocycles. The summed E-state index contributed by atoms with van der Waals surface area (Å²) in [4.78, 5) is 12.4. The zero-order valence-corrected chi connectivity index (χ0v) is 17.4. The molecule has 1 aliphatic heterocycles. The molecule has 7 heteroatoms. The second-order valence-electron chi connectivity index (χ2n) is 5.95. The van der Waals surface area contributed by atoms with E-state index in [4.69, 9.17) is 24.1 Å². The van der Waals surface area contributed by atoms with Crippen LogP contribution in [0, 0.1) is 3.57 Å². The van der Waals surface area contributed by atoms with Crippen molar-refractivity contribution < 1.29 is 28.8 Å². The lowest BCUT2D eigenvalue weighted by Gasteiger charge is -2.08. The molecule has 0 atom stereocenters. The van der Waals surface area contributed by atoms with E-state index in [1.165, 1.54) is 0 Å². The van der Waals surface area contributed by atoms with Crippen LogP contribution in [0.3, 0.4) is 0 Å². The average Bonchev–Trinajstić information content (AvgIpc) is 3.00. The molecule has 0 bridgehead atoms. The fourth-order valence-electron chi connectivity index (χ4n) is 2.58. The van der Waals surface area contributed by atoms with Gasteiger partial charge >= 0.3 is 0 Å². The van der Waals surface area contributed by atoms with Gasteiger partial charge in [-0.25, -0.2) is 0 Å². The minimum Gasteiger partial charge on any atom is -0.491 e. The maximum Gasteiger partial charge on any atom is 0.232 e. The van der Waals surface area contributed by atoms with Crippen LogP contribution in [0.5, 0.6) is 11.5 Å². The van der Waals surface area contributed by atoms with E-state index in [1.54, 1.807) is 6.08 Å². The molecule has 0 amide bonds. The summed E-state index contributed by atoms with van der Waals surface area (Å²) in [5.41, 5.74) is 1.45. The van der Waals surface area contributed by atoms with E-state index < -0.39 is 0 Å². The molecule has 0 spiro atoms. The molecule has 0 aliphatic carbocycles. The van der Waals surface area contributed by atoms with Crippen molar-refractivity contribution in [3.05, 3.63) is 62.9 Å². The second kappa shape index (κ2) is 10.6. The van der Waals surface area contributed by atoms with Crippen molar-refractivity contribution in [2.75, 3.05) is 39.6 Å². The van der Waals surface area contributed by atoms with Crippen LogP contribution < -0.4 is 9.47 Å². The Bertz CT molecular complexity index is 831. The maximum absolute atomic E-state index is 12.4. The monoisotopic (exact) mass is 496 g/mol. The molecule has 0 saturated heterocycles. The minimum absolute atomic E-state index is 0.0162. The first-order valence-corrected chi connectivity index (χ1v) is 9.98. The van der Waals surface area contributed by atoms with Gasteiger partial charge in [0.05, 0.1) is 38.6 Å². The summed E-state index contributed by atoms with van der Waals surface area (Å²) in [6, 6.07) is 13.0. The van der Waals surface area contributed by atoms with Crippen LogP contribution >= 0.6 is 22.6 Å². The highest BCUT2D eigenvalue weighted by Gasteiger charge is 2.27. The van der Waals surface area contributed by atoms with Crippen molar-refractivity contribution in [2.24, 2.45) is 0 Å². The largest absolute Gasteiger partial charge is 0.491 e. The third-order valence-electron chi connectivity index (χ3n) is 3.91. The van der Waals surface area contributed by atoms with Gasteiger partial charge < -0.3 is 24.1 Å². The van der Waals surface area contributed by atoms with Crippen LogP contribution in [0.1, 0.15) is 15.9 Å². The molecule has 2 aromatic carbocycles. The summed E-state index contributed by atoms with van der Waals surface area (Å²) in [6.07, 6.45) is 1.73. The van der Waals surface area contributed by atoms with E-state index in [9.17, 15) is 4.79 Å². The predicted molar refractivity (Wildman–Crippen MR) is 113 cm³/mol. The summed E-state index contributed by atoms with van der Waals surface area (Å²) >= 11 is 2.18. The van der Waals surface area contributed by atoms with Gasteiger partial charge in [0.1, 0.15) is 18.1 Å². The number of hydrogen-bond acceptors (Lipinski definition) is 6. The van der Waals surface area contributed by atoms with E-state index in [1.807, 2.05) is 42.5 Å². The number of allylic oxidation sites excluding steroid dienone is 1. The van der Waals surface area contributed by atoms with Crippen molar-refractivity contribution in [3.63, 3.8) is 0 Å². The Morgan fingerprint density at radius 1 is 0.964 bits per heavy atom. The highest BCUT2D eigenvalue weighted by Crippen LogP contribution is 2.33. The third kappa shape index (κ3) is 5.78. The molecule has 2 aromatic rings. The fraction of sp³-hybridized carbons (Fsp3) is 0.286. The van der Waals surface area contributed by atoms with Gasteiger partial charge in [-0.1, -0.05) is 12.1 Å². The zero-order chi connectivity index (χ0) is 19.8. The third-order valence-corrected chi connectivity index (χ3v) is 4.58. The lowest BCUT2D eigenvalue weighted by Crippen LogP contribution is -2.11. The molecule has 0 fully saturated rings. The first kappa shape index (κ1) is 20.8. The number of aliphatic hydroxyl groups is 1. The van der Waals surface area contributed by atoms with E-state index in [0.717, 1.165) is 14.9 Å². The highest BCUT2D eigenvalue weighted by molar-refractivity contribution is 14.1. The van der Waals surface area contributed by atoms with Crippen LogP contribution in [-0.2, 0) is 9.47 Å². The standard InChI is InChI=1S/C21H21IO6/c22-16-3-6-19-18(14-16)21(24)20(28-19)13-15-1-4-17(5-2-15)27-12-11-26-10-9-25-8-7-23/h1-6,13-14,23H,7-12H2/b20-13+. The van der Waals surface area contributed by atoms with Crippen LogP contribution in [0.4, 0.5) is 0 Å². The molecule has 0 unspecified atom stereocenters. The van der Waals surface area contributed by atoms with Gasteiger partial charge in [-0.3, -0.25) is 4.79 Å². The average molecular weight is 496 g/mol. The highest BCUT2D eigenvalue weighted by atomic mass is 127. The summed E-state index contributed by atoms with van der Waals surface area (Å²) in [6.45, 7) is 2.13. The molecule has 0 saturated carbocycles. The van der Waals surface area contributed by atoms with Crippen LogP contribution in [0.2, 0.25) is 0 Å². The Labute approximate surface area is 177 Å². The van der Waals surface area contributed by atoms with Crippen LogP contribution in [0.25, 0.3) is 6.08 Å². The molecule has 148 valence electrons. The number of rotatable bonds is 10. The van der Waals surface area contributed by atoms with Gasteiger partial charge in [0.2, 0.25) is 5.78 Å². The molecule has 0 radical (unpaired) electrons. The molecular formula is C21H21IO6. The van der Waals surface area contributed by atoms with Crippen molar-refractivity contribution in [1.29, 1.82) is 0 Å². The number of carbonyl (C=O) groups excluding carboxylic acids is 1. The van der Waals surface area contributed by atoms with Crippen LogP contribution in [-0.4, -0.2) is 50.5 Å². The smallest absolute Gasteiger partial charge is 0.232 e. The Hall–Kier alpha value is -1.94. The molecule has 3 rings (SSSR count). The normalized spacial score (nSPS) is 14.2. The van der Waals surface area contributed by atoms with Gasteiger partial charge in [-0.2, -0.15) is 0 Å². The van der Waals surface area contributed by atoms with Crippen molar-refractivity contribution in [3.8, 4) is 11.5 Å². The van der Waals surface area contributed by atoms with Gasteiger partial charge in [-0.05, 0) is 64.6 Å². The number of fused-ring (bicyclic) bond motifs is 1. The summed E-state index contributed by atoms with van der Waals surface area (Å²) in [7, 11) is 0. The number of halogens is 1. The van der Waals surface area contributed by atoms with Crippen molar-refractivity contribution >= 4 is 34.5 Å². The molecule has 1 N–H and O–H groups in total. The number of aliphatic hydroxyl groups excluding tert-OH is 1. The number of hydrogen-bond donors (Lipinski definition) is 1. The molecule has 1 heterocycles. The van der Waals surface area contributed by atoms with Gasteiger partial charge in [0.15, 0.2) is 5.76 Å². The van der Waals surface area contributed by atoms with E-state index in [2.05, 4.69) is 22.6 Å². The Kier molecular flexibility index (Phi) is 7.84. The quantitative estimate of drug-likeness (QED) is 0.309. The summed E-state index contributed by atoms with van der Waals surface area (Å²) < 4.78 is 22.8. The number of ketones is 1. The number of Topliss-reactive ketones (excluding diaryl/α,β-unsaturated/α-hetero) is 1. The maximum atomic E-state index is 12.4. The van der Waals surface area contributed by atoms with E-state index in [0.29, 0.717) is 50.1 Å². The second-order valence-corrected chi connectivity index (χ2v) is 7.19. The van der Waals surface area contributed by atoms with E-state index in [-0.39, 0.29) is 12.4 Å². The molecular weight excluding hydrogens is 475 g/mol. The van der Waals surface area contributed by atoms with Gasteiger partial charge in [0.25, 0.3) is 0 Å². The topological polar surface area (TPSA) is 74.2 Å². The molecule has 6 nitrogen and oxygen atoms in total. The first-order valence-electron chi connectivity index (χ1n) is 8.90. The fourth-order valence-corrected chi connectivity index (χ4v) is 3.07. The zero-order valence-electron chi connectivity index (χ0n) is 15.2. The predicted octanol–water partition coefficient (Wildman–Crippen LogP) is 3.31. The van der Waals surface area contributed by atoms with Gasteiger partial charge in [-0.15, -0.1) is 0 Å². The Balaban J connectivity index is 1.46. The Morgan fingerprint density at radius 3 is 2.43 bits per heavy atom. The van der Waals surface area contributed by atoms with Crippen LogP contribution in [0.15, 0.2) is 48.2 Å². The summed E-state index contributed by atoms with van der Waals surface area (Å²) in [5, 5.41) is 8.58. The van der Waals surface area contributed by atoms with E-state index >= 15 is 0 Å². The summed E-state index contributed by atoms with van der Waals surface area (Å²) in [5.74, 6) is 1.54. The van der Waals surface area contributed by atoms with Crippen molar-refractivity contribution in [1.82, 2.24) is 0 Å². The number of ether oxygens (including phenoxy) is 4. The molecule has 1 aliphatic rings. The SMILES string of the molecule is O=C1/C(=C\c2ccc(OCCOCCOCCO)cc2)Oc2ccc(I)cc21. The van der Waals surface area contributed by atoms with Crippen molar-refractivity contribution in [2.45, 2.75) is 0 Å². The lowest BCUT2D eigenvalue weighted by molar-refractivity contribution is 0.0247. The lowest BCUT2D eigenvalue weighted by atomic mass is 10.1. The number of carbonyl (C=O) groups is 1.